The first-order valence-electron chi connectivity index (χ1n) is 11.3. The number of thioether (sulfide) groups is 1. The van der Waals surface area contributed by atoms with Gasteiger partial charge in [0.15, 0.2) is 5.16 Å². The molecule has 33 heavy (non-hydrogen) atoms. The highest BCUT2D eigenvalue weighted by Gasteiger charge is 2.31. The molecular weight excluding hydrogens is 450 g/mol. The number of nitrogens with zero attached hydrogens (tertiary/aromatic N) is 3. The maximum atomic E-state index is 13.8. The fraction of sp³-hybridized carbons (Fsp3) is 0.269. The summed E-state index contributed by atoms with van der Waals surface area (Å²) >= 11 is 2.90. The standard InChI is InChI=1S/C26H23N3O2S2/c1-16(24(30)28-14-13-18-7-5-6-10-21(18)28)33-26-27-23-22(20(15-32-23)17-11-12-17)25(31)29(26)19-8-3-2-4-9-19/h2-10,15-17H,11-14H2,1H3. The number of aromatic nitrogens is 2. The Kier molecular flexibility index (Phi) is 5.11. The Morgan fingerprint density at radius 1 is 1.12 bits per heavy atom. The third kappa shape index (κ3) is 3.60. The van der Waals surface area contributed by atoms with E-state index < -0.39 is 0 Å². The number of carbonyl (C=O) groups excluding carboxylic acids is 1. The lowest BCUT2D eigenvalue weighted by molar-refractivity contribution is -0.117. The first kappa shape index (κ1) is 20.7. The van der Waals surface area contributed by atoms with Crippen molar-refractivity contribution < 1.29 is 4.79 Å². The lowest BCUT2D eigenvalue weighted by Gasteiger charge is -2.22. The third-order valence-electron chi connectivity index (χ3n) is 6.42. The SMILES string of the molecule is CC(Sc1nc2scc(C3CC3)c2c(=O)n1-c1ccccc1)C(=O)N1CCc2ccccc21. The van der Waals surface area contributed by atoms with Crippen LogP contribution in [0.4, 0.5) is 5.69 Å². The number of thiophene rings is 1. The van der Waals surface area contributed by atoms with Gasteiger partial charge in [-0.25, -0.2) is 4.98 Å². The van der Waals surface area contributed by atoms with Crippen LogP contribution in [0.1, 0.15) is 36.8 Å². The van der Waals surface area contributed by atoms with Crippen LogP contribution in [0.15, 0.2) is 69.9 Å². The van der Waals surface area contributed by atoms with Crippen molar-refractivity contribution in [2.45, 2.75) is 42.5 Å². The number of para-hydroxylation sites is 2. The molecule has 1 aliphatic heterocycles. The summed E-state index contributed by atoms with van der Waals surface area (Å²) in [6.45, 7) is 2.60. The van der Waals surface area contributed by atoms with Gasteiger partial charge in [-0.15, -0.1) is 11.3 Å². The topological polar surface area (TPSA) is 55.2 Å². The summed E-state index contributed by atoms with van der Waals surface area (Å²) in [5.74, 6) is 0.524. The van der Waals surface area contributed by atoms with E-state index >= 15 is 0 Å². The first-order valence-corrected chi connectivity index (χ1v) is 13.0. The Hall–Kier alpha value is -2.90. The number of benzene rings is 2. The molecule has 0 bridgehead atoms. The molecule has 1 aliphatic carbocycles. The summed E-state index contributed by atoms with van der Waals surface area (Å²) in [5.41, 5.74) is 4.06. The van der Waals surface area contributed by atoms with Gasteiger partial charge in [0, 0.05) is 12.2 Å². The van der Waals surface area contributed by atoms with Crippen molar-refractivity contribution in [3.63, 3.8) is 0 Å². The summed E-state index contributed by atoms with van der Waals surface area (Å²) in [4.78, 5) is 34.7. The van der Waals surface area contributed by atoms with E-state index in [1.807, 2.05) is 60.4 Å². The van der Waals surface area contributed by atoms with Gasteiger partial charge in [-0.2, -0.15) is 0 Å². The third-order valence-corrected chi connectivity index (χ3v) is 8.35. The number of anilines is 1. The molecule has 7 heteroatoms. The molecule has 0 saturated heterocycles. The fourth-order valence-electron chi connectivity index (χ4n) is 4.57. The molecule has 6 rings (SSSR count). The average molecular weight is 474 g/mol. The van der Waals surface area contributed by atoms with E-state index in [1.165, 1.54) is 28.7 Å². The van der Waals surface area contributed by atoms with Crippen LogP contribution in [0.3, 0.4) is 0 Å². The van der Waals surface area contributed by atoms with Crippen molar-refractivity contribution in [3.05, 3.63) is 81.5 Å². The van der Waals surface area contributed by atoms with Crippen LogP contribution in [0.5, 0.6) is 0 Å². The van der Waals surface area contributed by atoms with Crippen LogP contribution < -0.4 is 10.5 Å². The zero-order chi connectivity index (χ0) is 22.5. The van der Waals surface area contributed by atoms with Crippen molar-refractivity contribution in [2.24, 2.45) is 0 Å². The van der Waals surface area contributed by atoms with E-state index in [-0.39, 0.29) is 16.7 Å². The summed E-state index contributed by atoms with van der Waals surface area (Å²) in [7, 11) is 0. The Bertz CT molecular complexity index is 1420. The Morgan fingerprint density at radius 3 is 2.67 bits per heavy atom. The highest BCUT2D eigenvalue weighted by Crippen LogP contribution is 2.44. The van der Waals surface area contributed by atoms with Gasteiger partial charge in [-0.05, 0) is 66.8 Å². The van der Waals surface area contributed by atoms with Crippen molar-refractivity contribution in [2.75, 3.05) is 11.4 Å². The number of carbonyl (C=O) groups is 1. The van der Waals surface area contributed by atoms with Crippen LogP contribution in [0.2, 0.25) is 0 Å². The molecule has 0 N–H and O–H groups in total. The zero-order valence-corrected chi connectivity index (χ0v) is 19.9. The predicted molar refractivity (Wildman–Crippen MR) is 135 cm³/mol. The van der Waals surface area contributed by atoms with Gasteiger partial charge in [-0.1, -0.05) is 48.2 Å². The molecule has 1 unspecified atom stereocenters. The fourth-order valence-corrected chi connectivity index (χ4v) is 6.62. The Labute approximate surface area is 200 Å². The van der Waals surface area contributed by atoms with Crippen molar-refractivity contribution in [1.82, 2.24) is 9.55 Å². The predicted octanol–water partition coefficient (Wildman–Crippen LogP) is 5.39. The highest BCUT2D eigenvalue weighted by atomic mass is 32.2. The van der Waals surface area contributed by atoms with Gasteiger partial charge >= 0.3 is 0 Å². The molecule has 2 aliphatic rings. The molecule has 2 aromatic heterocycles. The smallest absolute Gasteiger partial charge is 0.267 e. The summed E-state index contributed by atoms with van der Waals surface area (Å²) in [6.07, 6.45) is 3.14. The molecular formula is C26H23N3O2S2. The highest BCUT2D eigenvalue weighted by molar-refractivity contribution is 8.00. The normalized spacial score (nSPS) is 16.2. The van der Waals surface area contributed by atoms with Crippen LogP contribution in [-0.2, 0) is 11.2 Å². The van der Waals surface area contributed by atoms with Crippen molar-refractivity contribution >= 4 is 44.9 Å². The largest absolute Gasteiger partial charge is 0.311 e. The van der Waals surface area contributed by atoms with Gasteiger partial charge in [0.05, 0.1) is 16.3 Å². The Morgan fingerprint density at radius 2 is 1.88 bits per heavy atom. The number of fused-ring (bicyclic) bond motifs is 2. The van der Waals surface area contributed by atoms with E-state index in [2.05, 4.69) is 11.4 Å². The van der Waals surface area contributed by atoms with E-state index in [4.69, 9.17) is 4.98 Å². The van der Waals surface area contributed by atoms with E-state index in [0.717, 1.165) is 46.4 Å². The maximum Gasteiger partial charge on any atom is 0.267 e. The Balaban J connectivity index is 1.40. The monoisotopic (exact) mass is 473 g/mol. The zero-order valence-electron chi connectivity index (χ0n) is 18.2. The second-order valence-corrected chi connectivity index (χ2v) is 10.8. The van der Waals surface area contributed by atoms with Crippen LogP contribution >= 0.6 is 23.1 Å². The second kappa shape index (κ2) is 8.15. The minimum atomic E-state index is -0.377. The number of hydrogen-bond acceptors (Lipinski definition) is 5. The van der Waals surface area contributed by atoms with Crippen LogP contribution in [0, 0.1) is 0 Å². The second-order valence-electron chi connectivity index (χ2n) is 8.64. The van der Waals surface area contributed by atoms with E-state index in [9.17, 15) is 9.59 Å². The van der Waals surface area contributed by atoms with Crippen molar-refractivity contribution in [1.29, 1.82) is 0 Å². The number of rotatable bonds is 5. The first-order chi connectivity index (χ1) is 16.1. The van der Waals surface area contributed by atoms with E-state index in [0.29, 0.717) is 17.6 Å². The molecule has 1 saturated carbocycles. The molecule has 5 nitrogen and oxygen atoms in total. The van der Waals surface area contributed by atoms with E-state index in [1.54, 1.807) is 4.57 Å². The van der Waals surface area contributed by atoms with Gasteiger partial charge in [0.1, 0.15) is 4.83 Å². The lowest BCUT2D eigenvalue weighted by Crippen LogP contribution is -2.35. The lowest BCUT2D eigenvalue weighted by atomic mass is 10.1. The average Bonchev–Trinajstić information content (AvgIpc) is 3.44. The van der Waals surface area contributed by atoms with Crippen molar-refractivity contribution in [3.8, 4) is 5.69 Å². The molecule has 0 radical (unpaired) electrons. The summed E-state index contributed by atoms with van der Waals surface area (Å²) in [6, 6.07) is 17.7. The molecule has 0 spiro atoms. The minimum Gasteiger partial charge on any atom is -0.311 e. The molecule has 1 fully saturated rings. The summed E-state index contributed by atoms with van der Waals surface area (Å²) < 4.78 is 1.69. The molecule has 2 aromatic carbocycles. The van der Waals surface area contributed by atoms with Gasteiger partial charge in [0.25, 0.3) is 5.56 Å². The molecule has 3 heterocycles. The minimum absolute atomic E-state index is 0.0389. The van der Waals surface area contributed by atoms with Gasteiger partial charge < -0.3 is 4.90 Å². The quantitative estimate of drug-likeness (QED) is 0.288. The van der Waals surface area contributed by atoms with Gasteiger partial charge in [0.2, 0.25) is 5.91 Å². The maximum absolute atomic E-state index is 13.8. The van der Waals surface area contributed by atoms with Crippen LogP contribution in [0.25, 0.3) is 15.9 Å². The number of amides is 1. The molecule has 1 amide bonds. The van der Waals surface area contributed by atoms with Crippen LogP contribution in [-0.4, -0.2) is 27.3 Å². The molecule has 1 atom stereocenters. The van der Waals surface area contributed by atoms with Gasteiger partial charge in [-0.3, -0.25) is 14.2 Å². The summed E-state index contributed by atoms with van der Waals surface area (Å²) in [5, 5.41) is 3.02. The number of hydrogen-bond donors (Lipinski definition) is 0. The molecule has 166 valence electrons. The molecule has 4 aromatic rings.